The highest BCUT2D eigenvalue weighted by Gasteiger charge is 2.14. The molecule has 7 nitrogen and oxygen atoms in total. The molecule has 0 aliphatic carbocycles. The second-order valence-corrected chi connectivity index (χ2v) is 10.6. The fourth-order valence-corrected chi connectivity index (χ4v) is 4.52. The summed E-state index contributed by atoms with van der Waals surface area (Å²) in [5, 5.41) is 1.98. The van der Waals surface area contributed by atoms with Crippen LogP contribution in [0.3, 0.4) is 0 Å². The molecule has 1 amide bonds. The topological polar surface area (TPSA) is 67.5 Å². The Kier molecular flexibility index (Phi) is 11.0. The summed E-state index contributed by atoms with van der Waals surface area (Å²) in [4.78, 5) is 25.2. The Balaban J connectivity index is 1.57. The van der Waals surface area contributed by atoms with Crippen molar-refractivity contribution >= 4 is 17.5 Å². The zero-order valence-corrected chi connectivity index (χ0v) is 23.2. The Morgan fingerprint density at radius 2 is 1.57 bits per heavy atom. The third-order valence-electron chi connectivity index (χ3n) is 6.14. The van der Waals surface area contributed by atoms with Gasteiger partial charge in [-0.1, -0.05) is 58.0 Å². The van der Waals surface area contributed by atoms with Gasteiger partial charge in [0.15, 0.2) is 0 Å². The molecule has 1 aromatic heterocycles. The van der Waals surface area contributed by atoms with E-state index in [1.807, 2.05) is 77.8 Å². The number of carbonyl (C=O) groups is 1. The number of imidazole rings is 1. The van der Waals surface area contributed by atoms with E-state index in [0.717, 1.165) is 56.2 Å². The normalized spacial score (nSPS) is 11.4. The number of aromatic nitrogens is 2. The highest BCUT2D eigenvalue weighted by molar-refractivity contribution is 5.95. The summed E-state index contributed by atoms with van der Waals surface area (Å²) in [5.74, 6) is 2.04. The molecule has 37 heavy (non-hydrogen) atoms. The molecule has 1 heterocycles. The Morgan fingerprint density at radius 1 is 0.919 bits per heavy atom. The fourth-order valence-electron chi connectivity index (χ4n) is 4.52. The van der Waals surface area contributed by atoms with Crippen LogP contribution in [0.4, 0.5) is 11.6 Å². The molecule has 0 fully saturated rings. The molecule has 2 N–H and O–H groups in total. The number of para-hydroxylation sites is 1. The lowest BCUT2D eigenvalue weighted by Gasteiger charge is -2.28. The molecule has 0 bridgehead atoms. The van der Waals surface area contributed by atoms with Crippen molar-refractivity contribution < 1.29 is 4.79 Å². The first-order chi connectivity index (χ1) is 17.8. The molecule has 0 saturated carbocycles. The second-order valence-electron chi connectivity index (χ2n) is 10.6. The molecule has 0 saturated heterocycles. The highest BCUT2D eigenvalue weighted by Crippen LogP contribution is 2.15. The number of aromatic amines is 1. The number of hydrogen-bond acceptors (Lipinski definition) is 5. The molecule has 200 valence electrons. The number of rotatable bonds is 15. The Bertz CT molecular complexity index is 1020. The van der Waals surface area contributed by atoms with Gasteiger partial charge in [0.1, 0.15) is 0 Å². The number of carbonyl (C=O) groups excluding carboxylic acids is 1. The number of nitrogens with zero attached hydrogens (tertiary/aromatic N) is 4. The van der Waals surface area contributed by atoms with Gasteiger partial charge in [-0.2, -0.15) is 0 Å². The number of hydrogen-bond donors (Lipinski definition) is 2. The van der Waals surface area contributed by atoms with Crippen LogP contribution in [0, 0.1) is 11.8 Å². The third-order valence-corrected chi connectivity index (χ3v) is 6.14. The summed E-state index contributed by atoms with van der Waals surface area (Å²) < 4.78 is 0. The van der Waals surface area contributed by atoms with E-state index in [-0.39, 0.29) is 5.91 Å². The zero-order valence-electron chi connectivity index (χ0n) is 23.2. The van der Waals surface area contributed by atoms with Gasteiger partial charge in [-0.3, -0.25) is 15.2 Å². The summed E-state index contributed by atoms with van der Waals surface area (Å²) in [6.45, 7) is 13.9. The van der Waals surface area contributed by atoms with Gasteiger partial charge in [-0.05, 0) is 61.1 Å². The second kappa shape index (κ2) is 14.4. The lowest BCUT2D eigenvalue weighted by molar-refractivity contribution is 0.0948. The molecule has 2 aromatic carbocycles. The molecule has 0 aliphatic rings. The van der Waals surface area contributed by atoms with E-state index in [0.29, 0.717) is 23.9 Å². The predicted molar refractivity (Wildman–Crippen MR) is 154 cm³/mol. The van der Waals surface area contributed by atoms with Crippen molar-refractivity contribution in [2.45, 2.75) is 47.1 Å². The third kappa shape index (κ3) is 9.57. The maximum absolute atomic E-state index is 13.1. The minimum atomic E-state index is -0.101. The number of H-pyrrole nitrogens is 1. The largest absolute Gasteiger partial charge is 0.341 e. The number of unbranched alkanes of at least 4 members (excludes halogenated alkanes) is 1. The van der Waals surface area contributed by atoms with Crippen molar-refractivity contribution in [3.05, 3.63) is 78.1 Å². The van der Waals surface area contributed by atoms with E-state index in [1.54, 1.807) is 6.20 Å². The van der Waals surface area contributed by atoms with Crippen molar-refractivity contribution in [3.8, 4) is 0 Å². The van der Waals surface area contributed by atoms with Crippen LogP contribution >= 0.6 is 0 Å². The SMILES string of the molecule is CC(C)CN(CCCCN(NC(=O)c1ccc(CN(C)c2ncc[nH]2)cc1)c1ccccc1)CC(C)C. The number of amides is 1. The Labute approximate surface area is 222 Å². The summed E-state index contributed by atoms with van der Waals surface area (Å²) in [6, 6.07) is 17.9. The highest BCUT2D eigenvalue weighted by atomic mass is 16.2. The van der Waals surface area contributed by atoms with Gasteiger partial charge in [-0.25, -0.2) is 4.98 Å². The lowest BCUT2D eigenvalue weighted by atomic mass is 10.1. The van der Waals surface area contributed by atoms with Gasteiger partial charge in [0, 0.05) is 51.2 Å². The number of nitrogens with one attached hydrogen (secondary N) is 2. The van der Waals surface area contributed by atoms with Gasteiger partial charge in [-0.15, -0.1) is 0 Å². The van der Waals surface area contributed by atoms with Gasteiger partial charge in [0.25, 0.3) is 5.91 Å². The molecule has 0 spiro atoms. The lowest BCUT2D eigenvalue weighted by Crippen LogP contribution is -2.43. The molecular formula is C30H44N6O. The van der Waals surface area contributed by atoms with Crippen LogP contribution in [0.2, 0.25) is 0 Å². The predicted octanol–water partition coefficient (Wildman–Crippen LogP) is 5.59. The van der Waals surface area contributed by atoms with Crippen molar-refractivity contribution in [1.29, 1.82) is 0 Å². The number of hydrazine groups is 1. The van der Waals surface area contributed by atoms with E-state index >= 15 is 0 Å². The fraction of sp³-hybridized carbons (Fsp3) is 0.467. The standard InChI is InChI=1S/C30H44N6O/c1-24(2)21-35(22-25(3)4)19-9-10-20-36(28-11-7-6-8-12-28)33-29(37)27-15-13-26(14-16-27)23-34(5)30-31-17-18-32-30/h6-8,11-18,24-25H,9-10,19-23H2,1-5H3,(H,31,32)(H,33,37). The first-order valence-corrected chi connectivity index (χ1v) is 13.5. The molecule has 3 aromatic rings. The number of benzene rings is 2. The monoisotopic (exact) mass is 504 g/mol. The van der Waals surface area contributed by atoms with E-state index in [4.69, 9.17) is 0 Å². The van der Waals surface area contributed by atoms with Crippen molar-refractivity contribution in [3.63, 3.8) is 0 Å². The van der Waals surface area contributed by atoms with Gasteiger partial charge in [0.05, 0.1) is 5.69 Å². The molecule has 0 unspecified atom stereocenters. The average Bonchev–Trinajstić information content (AvgIpc) is 3.41. The molecule has 0 aliphatic heterocycles. The van der Waals surface area contributed by atoms with Crippen LogP contribution in [-0.2, 0) is 6.54 Å². The van der Waals surface area contributed by atoms with Gasteiger partial charge < -0.3 is 14.8 Å². The smallest absolute Gasteiger partial charge is 0.269 e. The van der Waals surface area contributed by atoms with Gasteiger partial charge in [0.2, 0.25) is 5.95 Å². The summed E-state index contributed by atoms with van der Waals surface area (Å²) in [7, 11) is 1.99. The van der Waals surface area contributed by atoms with E-state index in [1.165, 1.54) is 0 Å². The minimum Gasteiger partial charge on any atom is -0.341 e. The molecule has 7 heteroatoms. The van der Waals surface area contributed by atoms with E-state index < -0.39 is 0 Å². The van der Waals surface area contributed by atoms with Crippen LogP contribution in [0.25, 0.3) is 0 Å². The Morgan fingerprint density at radius 3 is 2.16 bits per heavy atom. The summed E-state index contributed by atoms with van der Waals surface area (Å²) >= 11 is 0. The van der Waals surface area contributed by atoms with Crippen molar-refractivity contribution in [1.82, 2.24) is 20.3 Å². The zero-order chi connectivity index (χ0) is 26.6. The van der Waals surface area contributed by atoms with Crippen LogP contribution in [0.5, 0.6) is 0 Å². The first-order valence-electron chi connectivity index (χ1n) is 13.5. The minimum absolute atomic E-state index is 0.101. The quantitative estimate of drug-likeness (QED) is 0.209. The number of anilines is 2. The van der Waals surface area contributed by atoms with E-state index in [9.17, 15) is 4.79 Å². The van der Waals surface area contributed by atoms with Crippen molar-refractivity contribution in [2.75, 3.05) is 43.1 Å². The Hall–Kier alpha value is -3.32. The summed E-state index contributed by atoms with van der Waals surface area (Å²) in [5.41, 5.74) is 5.89. The summed E-state index contributed by atoms with van der Waals surface area (Å²) in [6.07, 6.45) is 5.65. The van der Waals surface area contributed by atoms with E-state index in [2.05, 4.69) is 48.0 Å². The molecule has 3 rings (SSSR count). The van der Waals surface area contributed by atoms with Crippen molar-refractivity contribution in [2.24, 2.45) is 11.8 Å². The maximum Gasteiger partial charge on any atom is 0.269 e. The van der Waals surface area contributed by atoms with Crippen LogP contribution in [-0.4, -0.2) is 54.0 Å². The maximum atomic E-state index is 13.1. The first kappa shape index (κ1) is 28.3. The van der Waals surface area contributed by atoms with Crippen LogP contribution < -0.4 is 15.3 Å². The van der Waals surface area contributed by atoms with Gasteiger partial charge >= 0.3 is 0 Å². The van der Waals surface area contributed by atoms with Crippen LogP contribution in [0.1, 0.15) is 56.5 Å². The van der Waals surface area contributed by atoms with Crippen LogP contribution in [0.15, 0.2) is 67.0 Å². The average molecular weight is 505 g/mol. The molecule has 0 atom stereocenters. The molecule has 0 radical (unpaired) electrons. The molecular weight excluding hydrogens is 460 g/mol.